The van der Waals surface area contributed by atoms with Crippen molar-refractivity contribution in [3.8, 4) is 11.5 Å². The highest BCUT2D eigenvalue weighted by atomic mass is 32.1. The van der Waals surface area contributed by atoms with Gasteiger partial charge in [-0.3, -0.25) is 14.5 Å². The lowest BCUT2D eigenvalue weighted by molar-refractivity contribution is -0.132. The van der Waals surface area contributed by atoms with Gasteiger partial charge in [-0.1, -0.05) is 53.3 Å². The molecule has 0 saturated carbocycles. The van der Waals surface area contributed by atoms with Crippen LogP contribution in [0.2, 0.25) is 0 Å². The zero-order valence-electron chi connectivity index (χ0n) is 20.1. The third-order valence-corrected chi connectivity index (χ3v) is 6.83. The van der Waals surface area contributed by atoms with Gasteiger partial charge in [0.05, 0.1) is 11.6 Å². The number of aryl methyl sites for hydroxylation is 2. The number of ether oxygens (including phenoxy) is 1. The van der Waals surface area contributed by atoms with Gasteiger partial charge < -0.3 is 14.9 Å². The third-order valence-electron chi connectivity index (χ3n) is 5.99. The SMILES string of the molecule is Cc1cccc(COc2ccc(C(O)=C3C(=O)C(=O)N(c4nnc(C)s4)[C@@H]3c3ccc(O)cc3)cc2)c1. The Morgan fingerprint density at radius 3 is 2.38 bits per heavy atom. The van der Waals surface area contributed by atoms with Gasteiger partial charge in [0, 0.05) is 5.56 Å². The maximum Gasteiger partial charge on any atom is 0.301 e. The van der Waals surface area contributed by atoms with Crippen LogP contribution in [-0.2, 0) is 16.2 Å². The normalized spacial score (nSPS) is 16.8. The number of aromatic nitrogens is 2. The molecule has 2 N–H and O–H groups in total. The van der Waals surface area contributed by atoms with Crippen molar-refractivity contribution in [3.05, 3.63) is 106 Å². The molecule has 37 heavy (non-hydrogen) atoms. The lowest BCUT2D eigenvalue weighted by Gasteiger charge is -2.22. The van der Waals surface area contributed by atoms with Gasteiger partial charge in [-0.25, -0.2) is 0 Å². The second-order valence-electron chi connectivity index (χ2n) is 8.67. The lowest BCUT2D eigenvalue weighted by Crippen LogP contribution is -2.29. The molecule has 0 spiro atoms. The molecule has 1 aliphatic heterocycles. The number of carbonyl (C=O) groups is 2. The topological polar surface area (TPSA) is 113 Å². The molecule has 5 rings (SSSR count). The molecule has 4 aromatic rings. The molecule has 3 aromatic carbocycles. The summed E-state index contributed by atoms with van der Waals surface area (Å²) in [6.45, 7) is 4.15. The van der Waals surface area contributed by atoms with Crippen molar-refractivity contribution in [3.63, 3.8) is 0 Å². The minimum atomic E-state index is -0.940. The maximum absolute atomic E-state index is 13.2. The van der Waals surface area contributed by atoms with Gasteiger partial charge in [0.2, 0.25) is 5.13 Å². The van der Waals surface area contributed by atoms with E-state index in [0.29, 0.717) is 28.5 Å². The van der Waals surface area contributed by atoms with E-state index in [4.69, 9.17) is 4.74 Å². The zero-order chi connectivity index (χ0) is 26.1. The molecule has 1 aliphatic rings. The highest BCUT2D eigenvalue weighted by Gasteiger charge is 2.48. The molecule has 1 saturated heterocycles. The fraction of sp³-hybridized carbons (Fsp3) is 0.143. The fourth-order valence-electron chi connectivity index (χ4n) is 4.22. The van der Waals surface area contributed by atoms with Gasteiger partial charge in [-0.2, -0.15) is 0 Å². The molecule has 0 unspecified atom stereocenters. The minimum Gasteiger partial charge on any atom is -0.508 e. The number of phenols is 1. The quantitative estimate of drug-likeness (QED) is 0.210. The number of ketones is 1. The molecule has 186 valence electrons. The number of anilines is 1. The molecule has 1 fully saturated rings. The maximum atomic E-state index is 13.2. The molecular formula is C28H23N3O5S. The predicted octanol–water partition coefficient (Wildman–Crippen LogP) is 5.07. The minimum absolute atomic E-state index is 0.0358. The number of amides is 1. The summed E-state index contributed by atoms with van der Waals surface area (Å²) in [6.07, 6.45) is 0. The summed E-state index contributed by atoms with van der Waals surface area (Å²) in [4.78, 5) is 27.5. The highest BCUT2D eigenvalue weighted by Crippen LogP contribution is 2.43. The lowest BCUT2D eigenvalue weighted by atomic mass is 9.95. The number of aromatic hydroxyl groups is 1. The predicted molar refractivity (Wildman–Crippen MR) is 139 cm³/mol. The van der Waals surface area contributed by atoms with Gasteiger partial charge in [0.1, 0.15) is 28.9 Å². The van der Waals surface area contributed by atoms with E-state index >= 15 is 0 Å². The molecule has 1 aromatic heterocycles. The van der Waals surface area contributed by atoms with Gasteiger partial charge in [0.25, 0.3) is 5.78 Å². The number of rotatable bonds is 6. The summed E-state index contributed by atoms with van der Waals surface area (Å²) in [5.74, 6) is -1.32. The van der Waals surface area contributed by atoms with E-state index in [0.717, 1.165) is 11.1 Å². The molecule has 0 bridgehead atoms. The summed E-state index contributed by atoms with van der Waals surface area (Å²) in [7, 11) is 0. The van der Waals surface area contributed by atoms with Crippen molar-refractivity contribution in [2.24, 2.45) is 0 Å². The second kappa shape index (κ2) is 9.87. The number of carbonyl (C=O) groups excluding carboxylic acids is 2. The number of aliphatic hydroxyl groups is 1. The third kappa shape index (κ3) is 4.81. The second-order valence-corrected chi connectivity index (χ2v) is 9.83. The monoisotopic (exact) mass is 513 g/mol. The Bertz CT molecular complexity index is 1510. The van der Waals surface area contributed by atoms with Gasteiger partial charge in [-0.15, -0.1) is 10.2 Å². The summed E-state index contributed by atoms with van der Waals surface area (Å²) < 4.78 is 5.86. The van der Waals surface area contributed by atoms with E-state index in [-0.39, 0.29) is 22.2 Å². The molecule has 1 amide bonds. The molecule has 9 heteroatoms. The van der Waals surface area contributed by atoms with Crippen LogP contribution < -0.4 is 9.64 Å². The van der Waals surface area contributed by atoms with Crippen molar-refractivity contribution in [2.45, 2.75) is 26.5 Å². The van der Waals surface area contributed by atoms with Crippen molar-refractivity contribution in [2.75, 3.05) is 4.90 Å². The number of hydrogen-bond donors (Lipinski definition) is 2. The zero-order valence-corrected chi connectivity index (χ0v) is 20.9. The van der Waals surface area contributed by atoms with Crippen molar-refractivity contribution in [1.82, 2.24) is 10.2 Å². The van der Waals surface area contributed by atoms with Crippen molar-refractivity contribution in [1.29, 1.82) is 0 Å². The average Bonchev–Trinajstić information content (AvgIpc) is 3.43. The molecular weight excluding hydrogens is 490 g/mol. The first-order chi connectivity index (χ1) is 17.8. The van der Waals surface area contributed by atoms with Crippen LogP contribution >= 0.6 is 11.3 Å². The Balaban J connectivity index is 1.50. The van der Waals surface area contributed by atoms with Crippen LogP contribution in [0.4, 0.5) is 5.13 Å². The first-order valence-electron chi connectivity index (χ1n) is 11.5. The van der Waals surface area contributed by atoms with Crippen LogP contribution in [0.1, 0.15) is 33.3 Å². The van der Waals surface area contributed by atoms with E-state index in [1.807, 2.05) is 31.2 Å². The fourth-order valence-corrected chi connectivity index (χ4v) is 4.93. The van der Waals surface area contributed by atoms with Crippen LogP contribution in [-0.4, -0.2) is 32.1 Å². The summed E-state index contributed by atoms with van der Waals surface area (Å²) >= 11 is 1.17. The Morgan fingerprint density at radius 2 is 1.73 bits per heavy atom. The van der Waals surface area contributed by atoms with Crippen LogP contribution in [0, 0.1) is 13.8 Å². The molecule has 0 aliphatic carbocycles. The average molecular weight is 514 g/mol. The van der Waals surface area contributed by atoms with Gasteiger partial charge in [0.15, 0.2) is 0 Å². The van der Waals surface area contributed by atoms with Crippen LogP contribution in [0.5, 0.6) is 11.5 Å². The van der Waals surface area contributed by atoms with Crippen molar-refractivity contribution >= 4 is 33.9 Å². The van der Waals surface area contributed by atoms with Gasteiger partial charge in [-0.05, 0) is 61.4 Å². The number of phenolic OH excluding ortho intramolecular Hbond substituents is 1. The summed E-state index contributed by atoms with van der Waals surface area (Å²) in [6, 6.07) is 19.9. The largest absolute Gasteiger partial charge is 0.508 e. The Hall–Kier alpha value is -4.50. The Labute approximate surface area is 217 Å². The van der Waals surface area contributed by atoms with Gasteiger partial charge >= 0.3 is 5.91 Å². The Kier molecular flexibility index (Phi) is 6.45. The highest BCUT2D eigenvalue weighted by molar-refractivity contribution is 7.15. The standard InChI is InChI=1S/C28H23N3O5S/c1-16-4-3-5-18(14-16)15-36-22-12-8-20(9-13-22)25(33)23-24(19-6-10-21(32)11-7-19)31(27(35)26(23)34)28-30-29-17(2)37-28/h3-14,24,32-33H,15H2,1-2H3/t24-/m1/s1. The van der Waals surface area contributed by atoms with E-state index in [2.05, 4.69) is 10.2 Å². The van der Waals surface area contributed by atoms with E-state index in [1.165, 1.54) is 28.4 Å². The number of aliphatic hydroxyl groups excluding tert-OH is 1. The Morgan fingerprint density at radius 1 is 1.00 bits per heavy atom. The van der Waals surface area contributed by atoms with Crippen LogP contribution in [0.25, 0.3) is 5.76 Å². The molecule has 8 nitrogen and oxygen atoms in total. The summed E-state index contributed by atoms with van der Waals surface area (Å²) in [5.41, 5.74) is 3.00. The first-order valence-corrected chi connectivity index (χ1v) is 12.3. The molecule has 1 atom stereocenters. The number of nitrogens with zero attached hydrogens (tertiary/aromatic N) is 3. The van der Waals surface area contributed by atoms with Crippen molar-refractivity contribution < 1.29 is 24.5 Å². The van der Waals surface area contributed by atoms with E-state index in [1.54, 1.807) is 43.3 Å². The molecule has 0 radical (unpaired) electrons. The smallest absolute Gasteiger partial charge is 0.301 e. The van der Waals surface area contributed by atoms with E-state index < -0.39 is 17.7 Å². The number of hydrogen-bond acceptors (Lipinski definition) is 8. The molecule has 2 heterocycles. The number of benzene rings is 3. The van der Waals surface area contributed by atoms with Crippen LogP contribution in [0.15, 0.2) is 78.4 Å². The number of Topliss-reactive ketones (excluding diaryl/α,β-unsaturated/α-hetero) is 1. The first kappa shape index (κ1) is 24.2. The van der Waals surface area contributed by atoms with E-state index in [9.17, 15) is 19.8 Å². The summed E-state index contributed by atoms with van der Waals surface area (Å²) in [5, 5.41) is 29.9. The van der Waals surface area contributed by atoms with Crippen LogP contribution in [0.3, 0.4) is 0 Å².